The van der Waals surface area contributed by atoms with E-state index in [0.29, 0.717) is 6.10 Å². The molecule has 2 unspecified atom stereocenters. The minimum Gasteiger partial charge on any atom is -0.378 e. The molecule has 1 fully saturated rings. The summed E-state index contributed by atoms with van der Waals surface area (Å²) in [6, 6.07) is -0.0203. The van der Waals surface area contributed by atoms with Crippen molar-refractivity contribution in [2.75, 3.05) is 6.61 Å². The summed E-state index contributed by atoms with van der Waals surface area (Å²) in [6.45, 7) is 0.876. The molecule has 2 heterocycles. The predicted molar refractivity (Wildman–Crippen MR) is 56.1 cm³/mol. The largest absolute Gasteiger partial charge is 0.378 e. The van der Waals surface area contributed by atoms with E-state index in [4.69, 9.17) is 10.5 Å². The number of nitrogens with zero attached hydrogens (tertiary/aromatic N) is 3. The molecule has 0 radical (unpaired) electrons. The first-order valence-corrected chi connectivity index (χ1v) is 5.49. The number of nitrogens with two attached hydrogens (primary N) is 1. The van der Waals surface area contributed by atoms with Gasteiger partial charge in [0.1, 0.15) is 0 Å². The van der Waals surface area contributed by atoms with Crippen LogP contribution in [0.5, 0.6) is 0 Å². The molecule has 2 atom stereocenters. The number of aromatic nitrogens is 3. The number of aryl methyl sites for hydroxylation is 1. The van der Waals surface area contributed by atoms with E-state index >= 15 is 0 Å². The molecule has 1 aromatic heterocycles. The van der Waals surface area contributed by atoms with Crippen LogP contribution < -0.4 is 5.73 Å². The molecule has 5 heteroatoms. The van der Waals surface area contributed by atoms with Crippen LogP contribution in [0.25, 0.3) is 0 Å². The van der Waals surface area contributed by atoms with Gasteiger partial charge >= 0.3 is 0 Å². The Kier molecular flexibility index (Phi) is 3.33. The van der Waals surface area contributed by atoms with E-state index in [2.05, 4.69) is 10.3 Å². The molecule has 1 aromatic rings. The van der Waals surface area contributed by atoms with Crippen molar-refractivity contribution in [2.24, 2.45) is 12.8 Å². The maximum Gasteiger partial charge on any atom is 0.0752 e. The van der Waals surface area contributed by atoms with E-state index in [0.717, 1.165) is 25.1 Å². The lowest BCUT2D eigenvalue weighted by molar-refractivity contribution is 0.00691. The van der Waals surface area contributed by atoms with Crippen molar-refractivity contribution >= 4 is 0 Å². The molecule has 2 N–H and O–H groups in total. The smallest absolute Gasteiger partial charge is 0.0752 e. The first-order chi connectivity index (χ1) is 7.27. The van der Waals surface area contributed by atoms with Gasteiger partial charge in [-0.3, -0.25) is 4.68 Å². The van der Waals surface area contributed by atoms with Gasteiger partial charge in [0.05, 0.1) is 24.0 Å². The Labute approximate surface area is 89.6 Å². The molecule has 5 nitrogen and oxygen atoms in total. The van der Waals surface area contributed by atoms with Gasteiger partial charge in [0.15, 0.2) is 0 Å². The molecule has 0 bridgehead atoms. The zero-order valence-corrected chi connectivity index (χ0v) is 9.09. The predicted octanol–water partition coefficient (Wildman–Crippen LogP) is 0.774. The van der Waals surface area contributed by atoms with Crippen LogP contribution in [0.4, 0.5) is 0 Å². The molecule has 0 aromatic carbocycles. The van der Waals surface area contributed by atoms with Crippen LogP contribution >= 0.6 is 0 Å². The van der Waals surface area contributed by atoms with Gasteiger partial charge in [0.25, 0.3) is 0 Å². The lowest BCUT2D eigenvalue weighted by Crippen LogP contribution is -2.26. The van der Waals surface area contributed by atoms with E-state index in [1.54, 1.807) is 10.9 Å². The summed E-state index contributed by atoms with van der Waals surface area (Å²) in [5.41, 5.74) is 7.07. The van der Waals surface area contributed by atoms with Crippen molar-refractivity contribution < 1.29 is 4.74 Å². The van der Waals surface area contributed by atoms with Crippen LogP contribution in [-0.4, -0.2) is 27.7 Å². The third-order valence-electron chi connectivity index (χ3n) is 2.92. The van der Waals surface area contributed by atoms with Crippen molar-refractivity contribution in [2.45, 2.75) is 37.8 Å². The summed E-state index contributed by atoms with van der Waals surface area (Å²) < 4.78 is 7.39. The molecule has 1 saturated heterocycles. The quantitative estimate of drug-likeness (QED) is 0.800. The SMILES string of the molecule is Cn1nncc1C(N)CC1CCCCO1. The fourth-order valence-corrected chi connectivity index (χ4v) is 2.03. The van der Waals surface area contributed by atoms with E-state index in [-0.39, 0.29) is 6.04 Å². The zero-order chi connectivity index (χ0) is 10.7. The van der Waals surface area contributed by atoms with Gasteiger partial charge in [-0.05, 0) is 25.7 Å². The van der Waals surface area contributed by atoms with Gasteiger partial charge in [0, 0.05) is 13.7 Å². The van der Waals surface area contributed by atoms with E-state index < -0.39 is 0 Å². The third kappa shape index (κ3) is 2.54. The third-order valence-corrected chi connectivity index (χ3v) is 2.92. The summed E-state index contributed by atoms with van der Waals surface area (Å²) in [4.78, 5) is 0. The van der Waals surface area contributed by atoms with Crippen LogP contribution in [0.3, 0.4) is 0 Å². The van der Waals surface area contributed by atoms with E-state index in [9.17, 15) is 0 Å². The molecule has 0 aliphatic carbocycles. The van der Waals surface area contributed by atoms with Crippen LogP contribution in [0.15, 0.2) is 6.20 Å². The minimum atomic E-state index is -0.0203. The maximum absolute atomic E-state index is 6.09. The summed E-state index contributed by atoms with van der Waals surface area (Å²) in [5, 5.41) is 7.70. The molecule has 0 spiro atoms. The Morgan fingerprint density at radius 3 is 3.13 bits per heavy atom. The molecule has 2 rings (SSSR count). The average molecular weight is 210 g/mol. The van der Waals surface area contributed by atoms with Crippen LogP contribution in [0.1, 0.15) is 37.4 Å². The van der Waals surface area contributed by atoms with Crippen molar-refractivity contribution in [3.8, 4) is 0 Å². The van der Waals surface area contributed by atoms with Gasteiger partial charge in [-0.1, -0.05) is 5.21 Å². The minimum absolute atomic E-state index is 0.0203. The van der Waals surface area contributed by atoms with Gasteiger partial charge < -0.3 is 10.5 Å². The summed E-state index contributed by atoms with van der Waals surface area (Å²) in [5.74, 6) is 0. The molecule has 1 aliphatic rings. The highest BCUT2D eigenvalue weighted by Gasteiger charge is 2.20. The fourth-order valence-electron chi connectivity index (χ4n) is 2.03. The number of rotatable bonds is 3. The topological polar surface area (TPSA) is 66.0 Å². The Bertz CT molecular complexity index is 306. The van der Waals surface area contributed by atoms with Crippen LogP contribution in [0, 0.1) is 0 Å². The zero-order valence-electron chi connectivity index (χ0n) is 9.09. The standard InChI is InChI=1S/C10H18N4O/c1-14-10(7-12-13-14)9(11)6-8-4-2-3-5-15-8/h7-9H,2-6,11H2,1H3. The van der Waals surface area contributed by atoms with Crippen molar-refractivity contribution in [1.29, 1.82) is 0 Å². The van der Waals surface area contributed by atoms with Crippen molar-refractivity contribution in [3.05, 3.63) is 11.9 Å². The fraction of sp³-hybridized carbons (Fsp3) is 0.800. The first-order valence-electron chi connectivity index (χ1n) is 5.49. The molecule has 0 amide bonds. The molecule has 1 aliphatic heterocycles. The maximum atomic E-state index is 6.09. The van der Waals surface area contributed by atoms with Gasteiger partial charge in [-0.25, -0.2) is 0 Å². The van der Waals surface area contributed by atoms with Gasteiger partial charge in [0.2, 0.25) is 0 Å². The molecular formula is C10H18N4O. The van der Waals surface area contributed by atoms with Gasteiger partial charge in [-0.15, -0.1) is 5.10 Å². The van der Waals surface area contributed by atoms with Crippen molar-refractivity contribution in [1.82, 2.24) is 15.0 Å². The van der Waals surface area contributed by atoms with E-state index in [1.807, 2.05) is 7.05 Å². The molecule has 15 heavy (non-hydrogen) atoms. The second-order valence-electron chi connectivity index (χ2n) is 4.11. The Morgan fingerprint density at radius 2 is 2.53 bits per heavy atom. The average Bonchev–Trinajstić information content (AvgIpc) is 2.66. The lowest BCUT2D eigenvalue weighted by atomic mass is 10.0. The highest BCUT2D eigenvalue weighted by Crippen LogP contribution is 2.22. The molecular weight excluding hydrogens is 192 g/mol. The highest BCUT2D eigenvalue weighted by molar-refractivity contribution is 5.01. The van der Waals surface area contributed by atoms with Crippen LogP contribution in [0.2, 0.25) is 0 Å². The number of ether oxygens (including phenoxy) is 1. The molecule has 84 valence electrons. The second-order valence-corrected chi connectivity index (χ2v) is 4.11. The monoisotopic (exact) mass is 210 g/mol. The summed E-state index contributed by atoms with van der Waals surface area (Å²) in [7, 11) is 1.87. The number of hydrogen-bond donors (Lipinski definition) is 1. The Hall–Kier alpha value is -0.940. The molecule has 0 saturated carbocycles. The Balaban J connectivity index is 1.91. The summed E-state index contributed by atoms with van der Waals surface area (Å²) >= 11 is 0. The summed E-state index contributed by atoms with van der Waals surface area (Å²) in [6.07, 6.45) is 6.46. The Morgan fingerprint density at radius 1 is 1.67 bits per heavy atom. The van der Waals surface area contributed by atoms with Crippen molar-refractivity contribution in [3.63, 3.8) is 0 Å². The normalized spacial score (nSPS) is 24.0. The lowest BCUT2D eigenvalue weighted by Gasteiger charge is -2.25. The highest BCUT2D eigenvalue weighted by atomic mass is 16.5. The second kappa shape index (κ2) is 4.72. The van der Waals surface area contributed by atoms with Gasteiger partial charge in [-0.2, -0.15) is 0 Å². The number of hydrogen-bond acceptors (Lipinski definition) is 4. The first kappa shape index (κ1) is 10.6. The van der Waals surface area contributed by atoms with Crippen LogP contribution in [-0.2, 0) is 11.8 Å². The van der Waals surface area contributed by atoms with E-state index in [1.165, 1.54) is 12.8 Å².